The summed E-state index contributed by atoms with van der Waals surface area (Å²) in [6.07, 6.45) is 3.31. The Labute approximate surface area is 110 Å². The molecular formula is C14H15FN2S. The molecule has 1 aliphatic carbocycles. The first-order chi connectivity index (χ1) is 8.65. The van der Waals surface area contributed by atoms with Gasteiger partial charge in [0, 0.05) is 10.4 Å². The van der Waals surface area contributed by atoms with Crippen LogP contribution in [0.4, 0.5) is 4.39 Å². The molecule has 2 nitrogen and oxygen atoms in total. The fraction of sp³-hybridized carbons (Fsp3) is 0.357. The molecule has 1 unspecified atom stereocenters. The Hall–Kier alpha value is -1.26. The summed E-state index contributed by atoms with van der Waals surface area (Å²) in [6, 6.07) is 4.60. The minimum atomic E-state index is -0.444. The Morgan fingerprint density at radius 2 is 2.22 bits per heavy atom. The molecule has 0 saturated heterocycles. The van der Waals surface area contributed by atoms with E-state index in [0.717, 1.165) is 23.4 Å². The summed E-state index contributed by atoms with van der Waals surface area (Å²) in [4.78, 5) is 5.89. The largest absolute Gasteiger partial charge is 0.318 e. The maximum Gasteiger partial charge on any atom is 0.128 e. The molecule has 0 fully saturated rings. The topological polar surface area (TPSA) is 38.9 Å². The summed E-state index contributed by atoms with van der Waals surface area (Å²) in [5.74, 6) is -0.247. The summed E-state index contributed by atoms with van der Waals surface area (Å²) in [6.45, 7) is 1.94. The number of halogens is 1. The third kappa shape index (κ3) is 1.95. The minimum Gasteiger partial charge on any atom is -0.318 e. The number of rotatable bonds is 2. The Balaban J connectivity index is 1.98. The second-order valence-electron chi connectivity index (χ2n) is 4.78. The van der Waals surface area contributed by atoms with Gasteiger partial charge in [-0.3, -0.25) is 0 Å². The van der Waals surface area contributed by atoms with Crippen LogP contribution < -0.4 is 5.73 Å². The smallest absolute Gasteiger partial charge is 0.128 e. The molecule has 1 heterocycles. The lowest BCUT2D eigenvalue weighted by molar-refractivity contribution is 0.598. The van der Waals surface area contributed by atoms with Crippen molar-refractivity contribution in [3.8, 4) is 0 Å². The molecule has 1 aliphatic rings. The lowest BCUT2D eigenvalue weighted by atomic mass is 10.0. The van der Waals surface area contributed by atoms with Gasteiger partial charge in [-0.05, 0) is 32.3 Å². The Morgan fingerprint density at radius 3 is 3.00 bits per heavy atom. The third-order valence-corrected chi connectivity index (χ3v) is 4.61. The molecule has 94 valence electrons. The molecule has 0 aliphatic heterocycles. The van der Waals surface area contributed by atoms with E-state index < -0.39 is 6.04 Å². The average molecular weight is 262 g/mol. The number of thiazole rings is 1. The number of nitrogens with zero attached hydrogens (tertiary/aromatic N) is 1. The van der Waals surface area contributed by atoms with Crippen LogP contribution in [0.1, 0.15) is 39.2 Å². The molecular weight excluding hydrogens is 247 g/mol. The molecule has 0 spiro atoms. The average Bonchev–Trinajstić information content (AvgIpc) is 2.91. The zero-order valence-corrected chi connectivity index (χ0v) is 11.1. The van der Waals surface area contributed by atoms with Gasteiger partial charge in [0.1, 0.15) is 10.8 Å². The van der Waals surface area contributed by atoms with Crippen LogP contribution in [0.5, 0.6) is 0 Å². The molecule has 1 aromatic heterocycles. The van der Waals surface area contributed by atoms with Crippen molar-refractivity contribution in [3.63, 3.8) is 0 Å². The number of aromatic nitrogens is 1. The molecule has 2 aromatic rings. The fourth-order valence-electron chi connectivity index (χ4n) is 2.38. The van der Waals surface area contributed by atoms with Gasteiger partial charge in [0.25, 0.3) is 0 Å². The number of nitrogens with two attached hydrogens (primary N) is 1. The SMILES string of the molecule is Cc1ccc(F)c(C(N)c2nc3c(s2)CCC3)c1. The highest BCUT2D eigenvalue weighted by Gasteiger charge is 2.22. The summed E-state index contributed by atoms with van der Waals surface area (Å²) in [5, 5.41) is 0.837. The monoisotopic (exact) mass is 262 g/mol. The van der Waals surface area contributed by atoms with Gasteiger partial charge in [-0.2, -0.15) is 0 Å². The number of hydrogen-bond donors (Lipinski definition) is 1. The number of benzene rings is 1. The lowest BCUT2D eigenvalue weighted by Crippen LogP contribution is -2.13. The van der Waals surface area contributed by atoms with Crippen LogP contribution in [0.3, 0.4) is 0 Å². The van der Waals surface area contributed by atoms with E-state index in [1.807, 2.05) is 13.0 Å². The van der Waals surface area contributed by atoms with E-state index in [1.165, 1.54) is 23.1 Å². The first-order valence-corrected chi connectivity index (χ1v) is 6.97. The van der Waals surface area contributed by atoms with Crippen LogP contribution in [0.25, 0.3) is 0 Å². The quantitative estimate of drug-likeness (QED) is 0.903. The van der Waals surface area contributed by atoms with Gasteiger partial charge in [0.2, 0.25) is 0 Å². The maximum atomic E-state index is 13.8. The van der Waals surface area contributed by atoms with Crippen LogP contribution >= 0.6 is 11.3 Å². The number of fused-ring (bicyclic) bond motifs is 1. The fourth-order valence-corrected chi connectivity index (χ4v) is 3.55. The van der Waals surface area contributed by atoms with Crippen molar-refractivity contribution in [2.45, 2.75) is 32.2 Å². The van der Waals surface area contributed by atoms with Gasteiger partial charge in [-0.25, -0.2) is 9.37 Å². The summed E-state index contributed by atoms with van der Waals surface area (Å²) in [5.41, 5.74) is 8.88. The van der Waals surface area contributed by atoms with E-state index >= 15 is 0 Å². The van der Waals surface area contributed by atoms with Crippen molar-refractivity contribution in [2.75, 3.05) is 0 Å². The maximum absolute atomic E-state index is 13.8. The molecule has 1 atom stereocenters. The van der Waals surface area contributed by atoms with E-state index in [1.54, 1.807) is 17.4 Å². The van der Waals surface area contributed by atoms with E-state index in [0.29, 0.717) is 5.56 Å². The second kappa shape index (κ2) is 4.44. The van der Waals surface area contributed by atoms with Crippen LogP contribution in [-0.2, 0) is 12.8 Å². The molecule has 1 aromatic carbocycles. The van der Waals surface area contributed by atoms with Crippen molar-refractivity contribution in [2.24, 2.45) is 5.73 Å². The molecule has 4 heteroatoms. The molecule has 0 amide bonds. The van der Waals surface area contributed by atoms with Gasteiger partial charge in [0.05, 0.1) is 11.7 Å². The van der Waals surface area contributed by atoms with Gasteiger partial charge >= 0.3 is 0 Å². The van der Waals surface area contributed by atoms with E-state index in [-0.39, 0.29) is 5.82 Å². The van der Waals surface area contributed by atoms with Crippen LogP contribution in [0.15, 0.2) is 18.2 Å². The normalized spacial score (nSPS) is 15.7. The molecule has 0 bridgehead atoms. The molecule has 0 radical (unpaired) electrons. The van der Waals surface area contributed by atoms with Gasteiger partial charge in [-0.1, -0.05) is 17.7 Å². The van der Waals surface area contributed by atoms with E-state index in [4.69, 9.17) is 5.73 Å². The van der Waals surface area contributed by atoms with Gasteiger partial charge in [-0.15, -0.1) is 11.3 Å². The highest BCUT2D eigenvalue weighted by molar-refractivity contribution is 7.11. The highest BCUT2D eigenvalue weighted by atomic mass is 32.1. The van der Waals surface area contributed by atoms with Crippen LogP contribution in [0.2, 0.25) is 0 Å². The van der Waals surface area contributed by atoms with Crippen LogP contribution in [-0.4, -0.2) is 4.98 Å². The third-order valence-electron chi connectivity index (χ3n) is 3.36. The van der Waals surface area contributed by atoms with Crippen molar-refractivity contribution in [1.29, 1.82) is 0 Å². The molecule has 2 N–H and O–H groups in total. The summed E-state index contributed by atoms with van der Waals surface area (Å²) < 4.78 is 13.8. The van der Waals surface area contributed by atoms with Gasteiger partial charge < -0.3 is 5.73 Å². The molecule has 0 saturated carbocycles. The standard InChI is InChI=1S/C14H15FN2S/c1-8-5-6-10(15)9(7-8)13(16)14-17-11-3-2-4-12(11)18-14/h5-7,13H,2-4,16H2,1H3. The van der Waals surface area contributed by atoms with Crippen molar-refractivity contribution in [1.82, 2.24) is 4.98 Å². The highest BCUT2D eigenvalue weighted by Crippen LogP contribution is 2.33. The van der Waals surface area contributed by atoms with Crippen LogP contribution in [0, 0.1) is 12.7 Å². The second-order valence-corrected chi connectivity index (χ2v) is 5.89. The Morgan fingerprint density at radius 1 is 1.39 bits per heavy atom. The zero-order valence-electron chi connectivity index (χ0n) is 10.2. The Kier molecular flexibility index (Phi) is 2.92. The Bertz CT molecular complexity index is 570. The predicted octanol–water partition coefficient (Wildman–Crippen LogP) is 3.13. The first-order valence-electron chi connectivity index (χ1n) is 6.15. The summed E-state index contributed by atoms with van der Waals surface area (Å²) in [7, 11) is 0. The number of hydrogen-bond acceptors (Lipinski definition) is 3. The van der Waals surface area contributed by atoms with E-state index in [2.05, 4.69) is 4.98 Å². The number of aryl methyl sites for hydroxylation is 3. The van der Waals surface area contributed by atoms with E-state index in [9.17, 15) is 4.39 Å². The predicted molar refractivity (Wildman–Crippen MR) is 71.3 cm³/mol. The van der Waals surface area contributed by atoms with Crippen molar-refractivity contribution in [3.05, 3.63) is 50.7 Å². The first kappa shape index (κ1) is 11.8. The van der Waals surface area contributed by atoms with Crippen molar-refractivity contribution < 1.29 is 4.39 Å². The molecule has 3 rings (SSSR count). The van der Waals surface area contributed by atoms with Crippen molar-refractivity contribution >= 4 is 11.3 Å². The minimum absolute atomic E-state index is 0.247. The van der Waals surface area contributed by atoms with Gasteiger partial charge in [0.15, 0.2) is 0 Å². The summed E-state index contributed by atoms with van der Waals surface area (Å²) >= 11 is 1.64. The zero-order chi connectivity index (χ0) is 12.7. The lowest BCUT2D eigenvalue weighted by Gasteiger charge is -2.11. The molecule has 18 heavy (non-hydrogen) atoms.